The summed E-state index contributed by atoms with van der Waals surface area (Å²) in [7, 11) is 0. The van der Waals surface area contributed by atoms with Crippen LogP contribution in [0.4, 0.5) is 10.8 Å². The van der Waals surface area contributed by atoms with Gasteiger partial charge in [0.2, 0.25) is 0 Å². The summed E-state index contributed by atoms with van der Waals surface area (Å²) in [6.45, 7) is 10.4. The Kier molecular flexibility index (Phi) is 6.36. The van der Waals surface area contributed by atoms with Gasteiger partial charge in [-0.15, -0.1) is 0 Å². The van der Waals surface area contributed by atoms with E-state index < -0.39 is 11.6 Å². The van der Waals surface area contributed by atoms with Gasteiger partial charge in [-0.1, -0.05) is 6.07 Å². The summed E-state index contributed by atoms with van der Waals surface area (Å²) in [5, 5.41) is 9.34. The minimum atomic E-state index is -1.05. The van der Waals surface area contributed by atoms with Gasteiger partial charge in [0, 0.05) is 25.2 Å². The number of piperazine rings is 1. The van der Waals surface area contributed by atoms with Crippen LogP contribution < -0.4 is 23.8 Å². The molecule has 1 aromatic carbocycles. The van der Waals surface area contributed by atoms with Crippen LogP contribution in [0.2, 0.25) is 0 Å². The Balaban J connectivity index is 0.00000210. The molecular formula is C19H26LiN3O5. The van der Waals surface area contributed by atoms with Gasteiger partial charge in [0.1, 0.15) is 11.1 Å². The van der Waals surface area contributed by atoms with Gasteiger partial charge in [-0.2, -0.15) is 4.98 Å². The molecule has 1 aliphatic heterocycles. The van der Waals surface area contributed by atoms with Gasteiger partial charge in [-0.25, -0.2) is 9.59 Å². The first-order chi connectivity index (χ1) is 12.6. The number of rotatable bonds is 2. The SMILES string of the molecule is CC1CN(C(=O)OC(C)(C)C)CC(C)N1c1nc2c(C(=O)O)cccc2o1.[H-].[Li+]. The molecule has 2 aromatic rings. The van der Waals surface area contributed by atoms with E-state index in [1.165, 1.54) is 6.07 Å². The van der Waals surface area contributed by atoms with Crippen LogP contribution in [0, 0.1) is 0 Å². The van der Waals surface area contributed by atoms with Crippen molar-refractivity contribution < 1.29 is 44.1 Å². The van der Waals surface area contributed by atoms with Gasteiger partial charge < -0.3 is 25.5 Å². The summed E-state index contributed by atoms with van der Waals surface area (Å²) in [4.78, 5) is 31.9. The van der Waals surface area contributed by atoms with Gasteiger partial charge >= 0.3 is 30.9 Å². The number of hydrogen-bond acceptors (Lipinski definition) is 6. The van der Waals surface area contributed by atoms with Crippen LogP contribution >= 0.6 is 0 Å². The Bertz CT molecular complexity index is 870. The normalized spacial score (nSPS) is 20.0. The van der Waals surface area contributed by atoms with Gasteiger partial charge in [0.25, 0.3) is 6.01 Å². The molecule has 1 fully saturated rings. The number of oxazole rings is 1. The molecule has 0 radical (unpaired) electrons. The number of fused-ring (bicyclic) bond motifs is 1. The van der Waals surface area contributed by atoms with Crippen molar-refractivity contribution in [2.45, 2.75) is 52.3 Å². The van der Waals surface area contributed by atoms with Crippen LogP contribution in [-0.4, -0.2) is 57.8 Å². The molecule has 1 N–H and O–H groups in total. The zero-order valence-electron chi connectivity index (χ0n) is 18.2. The summed E-state index contributed by atoms with van der Waals surface area (Å²) < 4.78 is 11.3. The maximum atomic E-state index is 12.4. The van der Waals surface area contributed by atoms with E-state index >= 15 is 0 Å². The number of aromatic nitrogens is 1. The molecule has 8 nitrogen and oxygen atoms in total. The van der Waals surface area contributed by atoms with E-state index in [9.17, 15) is 14.7 Å². The molecule has 0 aliphatic carbocycles. The Labute approximate surface area is 177 Å². The van der Waals surface area contributed by atoms with Gasteiger partial charge in [-0.05, 0) is 46.8 Å². The molecule has 1 amide bonds. The van der Waals surface area contributed by atoms with Crippen molar-refractivity contribution in [3.8, 4) is 0 Å². The zero-order chi connectivity index (χ0) is 19.9. The average Bonchev–Trinajstić information content (AvgIpc) is 2.95. The summed E-state index contributed by atoms with van der Waals surface area (Å²) >= 11 is 0. The first-order valence-corrected chi connectivity index (χ1v) is 8.96. The second kappa shape index (κ2) is 8.06. The van der Waals surface area contributed by atoms with E-state index in [0.29, 0.717) is 30.2 Å². The molecule has 1 aromatic heterocycles. The predicted octanol–water partition coefficient (Wildman–Crippen LogP) is 0.477. The molecule has 0 saturated carbocycles. The number of carbonyl (C=O) groups excluding carboxylic acids is 1. The number of aromatic carboxylic acids is 1. The number of carbonyl (C=O) groups is 2. The smallest absolute Gasteiger partial charge is 1.00 e. The molecule has 1 saturated heterocycles. The molecule has 3 rings (SSSR count). The van der Waals surface area contributed by atoms with Crippen LogP contribution in [-0.2, 0) is 4.74 Å². The number of anilines is 1. The second-order valence-corrected chi connectivity index (χ2v) is 7.94. The zero-order valence-corrected chi connectivity index (χ0v) is 17.2. The topological polar surface area (TPSA) is 96.1 Å². The fourth-order valence-electron chi connectivity index (χ4n) is 3.40. The van der Waals surface area contributed by atoms with Gasteiger partial charge in [0.05, 0.1) is 5.56 Å². The average molecular weight is 383 g/mol. The predicted molar refractivity (Wildman–Crippen MR) is 101 cm³/mol. The second-order valence-electron chi connectivity index (χ2n) is 7.94. The van der Waals surface area contributed by atoms with Crippen LogP contribution in [0.5, 0.6) is 0 Å². The van der Waals surface area contributed by atoms with Crippen molar-refractivity contribution in [3.63, 3.8) is 0 Å². The third-order valence-electron chi connectivity index (χ3n) is 4.43. The summed E-state index contributed by atoms with van der Waals surface area (Å²) in [6, 6.07) is 5.07. The van der Waals surface area contributed by atoms with Crippen molar-refractivity contribution in [2.75, 3.05) is 18.0 Å². The van der Waals surface area contributed by atoms with Crippen molar-refractivity contribution in [2.24, 2.45) is 0 Å². The first-order valence-electron chi connectivity index (χ1n) is 8.96. The molecular weight excluding hydrogens is 357 g/mol. The van der Waals surface area contributed by atoms with Gasteiger partial charge in [-0.3, -0.25) is 0 Å². The minimum Gasteiger partial charge on any atom is -1.00 e. The van der Waals surface area contributed by atoms with E-state index in [4.69, 9.17) is 9.15 Å². The maximum Gasteiger partial charge on any atom is 1.00 e. The van der Waals surface area contributed by atoms with Crippen molar-refractivity contribution in [1.82, 2.24) is 9.88 Å². The van der Waals surface area contributed by atoms with E-state index in [1.807, 2.05) is 39.5 Å². The number of hydrogen-bond donors (Lipinski definition) is 1. The Hall–Kier alpha value is -2.17. The van der Waals surface area contributed by atoms with E-state index in [0.717, 1.165) is 0 Å². The molecule has 2 heterocycles. The van der Waals surface area contributed by atoms with Crippen molar-refractivity contribution in [1.29, 1.82) is 0 Å². The number of nitrogens with zero attached hydrogens (tertiary/aromatic N) is 3. The molecule has 0 spiro atoms. The summed E-state index contributed by atoms with van der Waals surface area (Å²) in [5.74, 6) is -1.05. The minimum absolute atomic E-state index is 0. The number of amides is 1. The molecule has 0 bridgehead atoms. The summed E-state index contributed by atoms with van der Waals surface area (Å²) in [6.07, 6.45) is -0.341. The van der Waals surface area contributed by atoms with E-state index in [-0.39, 0.29) is 44.0 Å². The summed E-state index contributed by atoms with van der Waals surface area (Å²) in [5.41, 5.74) is 0.317. The van der Waals surface area contributed by atoms with Crippen LogP contribution in [0.3, 0.4) is 0 Å². The molecule has 2 atom stereocenters. The van der Waals surface area contributed by atoms with Crippen LogP contribution in [0.1, 0.15) is 46.4 Å². The van der Waals surface area contributed by atoms with Crippen molar-refractivity contribution >= 4 is 29.2 Å². The van der Waals surface area contributed by atoms with Gasteiger partial charge in [0.15, 0.2) is 5.58 Å². The largest absolute Gasteiger partial charge is 1.00 e. The fraction of sp³-hybridized carbons (Fsp3) is 0.526. The number of ether oxygens (including phenoxy) is 1. The number of carboxylic acids is 1. The standard InChI is InChI=1S/C19H25N3O5.Li.H/c1-11-9-21(18(25)27-19(3,4)5)10-12(2)22(11)17-20-15-13(16(23)24)7-6-8-14(15)26-17;;/h6-8,11-12H,9-10H2,1-5H3,(H,23,24);;/q;+1;-1. The number of benzene rings is 1. The Morgan fingerprint density at radius 1 is 1.25 bits per heavy atom. The quantitative estimate of drug-likeness (QED) is 0.754. The number of para-hydroxylation sites is 1. The molecule has 2 unspecified atom stereocenters. The fourth-order valence-corrected chi connectivity index (χ4v) is 3.40. The first kappa shape index (κ1) is 22.1. The molecule has 148 valence electrons. The van der Waals surface area contributed by atoms with Crippen molar-refractivity contribution in [3.05, 3.63) is 23.8 Å². The van der Waals surface area contributed by atoms with E-state index in [2.05, 4.69) is 4.98 Å². The number of carboxylic acid groups (broad SMARTS) is 1. The molecule has 1 aliphatic rings. The Morgan fingerprint density at radius 2 is 1.86 bits per heavy atom. The van der Waals surface area contributed by atoms with E-state index in [1.54, 1.807) is 17.0 Å². The third kappa shape index (κ3) is 4.45. The molecule has 28 heavy (non-hydrogen) atoms. The monoisotopic (exact) mass is 383 g/mol. The maximum absolute atomic E-state index is 12.4. The third-order valence-corrected chi connectivity index (χ3v) is 4.43. The van der Waals surface area contributed by atoms with Crippen LogP contribution in [0.15, 0.2) is 22.6 Å². The Morgan fingerprint density at radius 3 is 2.39 bits per heavy atom. The van der Waals surface area contributed by atoms with Crippen LogP contribution in [0.25, 0.3) is 11.1 Å². The molecule has 9 heteroatoms.